The van der Waals surface area contributed by atoms with Crippen LogP contribution in [0.4, 0.5) is 0 Å². The summed E-state index contributed by atoms with van der Waals surface area (Å²) in [5.74, 6) is 0.289. The average molecular weight is 285 g/mol. The van der Waals surface area contributed by atoms with Crippen LogP contribution in [0.3, 0.4) is 0 Å². The number of rotatable bonds is 4. The van der Waals surface area contributed by atoms with E-state index in [0.717, 1.165) is 25.7 Å². The van der Waals surface area contributed by atoms with Gasteiger partial charge in [-0.25, -0.2) is 0 Å². The Balaban J connectivity index is 2.05. The second-order valence-corrected chi connectivity index (χ2v) is 6.60. The number of hydrogen-bond donors (Lipinski definition) is 1. The summed E-state index contributed by atoms with van der Waals surface area (Å²) < 4.78 is 0. The van der Waals surface area contributed by atoms with Crippen molar-refractivity contribution in [3.05, 3.63) is 35.9 Å². The van der Waals surface area contributed by atoms with Gasteiger partial charge in [-0.2, -0.15) is 5.26 Å². The number of aliphatic hydroxyl groups is 1. The monoisotopic (exact) mass is 285 g/mol. The van der Waals surface area contributed by atoms with E-state index < -0.39 is 11.5 Å². The Kier molecular flexibility index (Phi) is 5.82. The Morgan fingerprint density at radius 2 is 1.67 bits per heavy atom. The molecule has 2 atom stereocenters. The number of hydrogen-bond acceptors (Lipinski definition) is 2. The fraction of sp³-hybridized carbons (Fsp3) is 0.632. The van der Waals surface area contributed by atoms with Gasteiger partial charge in [0.15, 0.2) is 0 Å². The van der Waals surface area contributed by atoms with Crippen LogP contribution >= 0.6 is 0 Å². The molecule has 0 saturated heterocycles. The van der Waals surface area contributed by atoms with Gasteiger partial charge in [-0.1, -0.05) is 69.4 Å². The number of nitrogens with zero attached hydrogens (tertiary/aromatic N) is 1. The first-order valence-electron chi connectivity index (χ1n) is 8.32. The lowest BCUT2D eigenvalue weighted by Crippen LogP contribution is -2.35. The van der Waals surface area contributed by atoms with E-state index in [0.29, 0.717) is 6.42 Å². The first-order chi connectivity index (χ1) is 10.2. The van der Waals surface area contributed by atoms with Gasteiger partial charge in [0.05, 0.1) is 17.6 Å². The standard InChI is InChI=1S/C19H27NO/c1-16(17-10-6-5-7-11-17)14-18(21)19(15-20)12-8-3-2-4-9-13-19/h5-7,10-11,16,18,21H,2-4,8-9,12-14H2,1H3. The van der Waals surface area contributed by atoms with Crippen molar-refractivity contribution in [1.29, 1.82) is 5.26 Å². The van der Waals surface area contributed by atoms with Crippen LogP contribution < -0.4 is 0 Å². The molecule has 2 rings (SSSR count). The predicted molar refractivity (Wildman–Crippen MR) is 85.8 cm³/mol. The maximum atomic E-state index is 10.8. The summed E-state index contributed by atoms with van der Waals surface area (Å²) in [6, 6.07) is 12.8. The second-order valence-electron chi connectivity index (χ2n) is 6.60. The van der Waals surface area contributed by atoms with Gasteiger partial charge in [0.2, 0.25) is 0 Å². The van der Waals surface area contributed by atoms with Crippen molar-refractivity contribution in [1.82, 2.24) is 0 Å². The van der Waals surface area contributed by atoms with E-state index >= 15 is 0 Å². The molecule has 2 heteroatoms. The Hall–Kier alpha value is -1.33. The molecule has 2 unspecified atom stereocenters. The highest BCUT2D eigenvalue weighted by Gasteiger charge is 2.38. The summed E-state index contributed by atoms with van der Waals surface area (Å²) in [6.07, 6.45) is 7.69. The molecule has 114 valence electrons. The molecule has 0 bridgehead atoms. The summed E-state index contributed by atoms with van der Waals surface area (Å²) in [5.41, 5.74) is 0.721. The van der Waals surface area contributed by atoms with E-state index in [2.05, 4.69) is 25.1 Å². The third-order valence-electron chi connectivity index (χ3n) is 5.05. The third-order valence-corrected chi connectivity index (χ3v) is 5.05. The van der Waals surface area contributed by atoms with Crippen LogP contribution in [-0.4, -0.2) is 11.2 Å². The summed E-state index contributed by atoms with van der Waals surface area (Å²) in [4.78, 5) is 0. The fourth-order valence-electron chi connectivity index (χ4n) is 3.53. The zero-order chi connectivity index (χ0) is 15.1. The van der Waals surface area contributed by atoms with E-state index in [1.165, 1.54) is 24.8 Å². The minimum Gasteiger partial charge on any atom is -0.391 e. The zero-order valence-corrected chi connectivity index (χ0v) is 13.1. The lowest BCUT2D eigenvalue weighted by molar-refractivity contribution is 0.0335. The Bertz CT molecular complexity index is 454. The Morgan fingerprint density at radius 1 is 1.10 bits per heavy atom. The fourth-order valence-corrected chi connectivity index (χ4v) is 3.53. The summed E-state index contributed by atoms with van der Waals surface area (Å²) in [5, 5.41) is 20.5. The number of aliphatic hydroxyl groups excluding tert-OH is 1. The van der Waals surface area contributed by atoms with Crippen LogP contribution in [0.2, 0.25) is 0 Å². The first kappa shape index (κ1) is 16.0. The van der Waals surface area contributed by atoms with Gasteiger partial charge in [0.25, 0.3) is 0 Å². The zero-order valence-electron chi connectivity index (χ0n) is 13.1. The molecular formula is C19H27NO. The Labute approximate surface area is 128 Å². The van der Waals surface area contributed by atoms with Gasteiger partial charge in [-0.05, 0) is 30.7 Å². The molecule has 21 heavy (non-hydrogen) atoms. The van der Waals surface area contributed by atoms with Gasteiger partial charge < -0.3 is 5.11 Å². The molecule has 1 aromatic carbocycles. The van der Waals surface area contributed by atoms with Crippen LogP contribution in [0.25, 0.3) is 0 Å². The van der Waals surface area contributed by atoms with E-state index in [1.807, 2.05) is 18.2 Å². The van der Waals surface area contributed by atoms with E-state index in [9.17, 15) is 10.4 Å². The van der Waals surface area contributed by atoms with Gasteiger partial charge in [0.1, 0.15) is 0 Å². The van der Waals surface area contributed by atoms with Gasteiger partial charge >= 0.3 is 0 Å². The molecule has 1 N–H and O–H groups in total. The van der Waals surface area contributed by atoms with Crippen molar-refractivity contribution in [2.75, 3.05) is 0 Å². The quantitative estimate of drug-likeness (QED) is 0.864. The molecule has 0 amide bonds. The number of benzene rings is 1. The molecule has 0 aromatic heterocycles. The van der Waals surface area contributed by atoms with Crippen LogP contribution in [0, 0.1) is 16.7 Å². The van der Waals surface area contributed by atoms with Crippen molar-refractivity contribution in [3.63, 3.8) is 0 Å². The maximum Gasteiger partial charge on any atom is 0.0832 e. The molecule has 1 aliphatic rings. The number of nitriles is 1. The van der Waals surface area contributed by atoms with Crippen molar-refractivity contribution >= 4 is 0 Å². The predicted octanol–water partition coefficient (Wildman–Crippen LogP) is 4.80. The molecule has 1 aromatic rings. The SMILES string of the molecule is CC(CC(O)C1(C#N)CCCCCCC1)c1ccccc1. The van der Waals surface area contributed by atoms with Crippen LogP contribution in [0.15, 0.2) is 30.3 Å². The molecular weight excluding hydrogens is 258 g/mol. The average Bonchev–Trinajstić information content (AvgIpc) is 2.48. The normalized spacial score (nSPS) is 21.6. The largest absolute Gasteiger partial charge is 0.391 e. The van der Waals surface area contributed by atoms with Crippen LogP contribution in [-0.2, 0) is 0 Å². The molecule has 0 heterocycles. The lowest BCUT2D eigenvalue weighted by atomic mass is 9.71. The molecule has 0 radical (unpaired) electrons. The van der Waals surface area contributed by atoms with Crippen LogP contribution in [0.1, 0.15) is 69.8 Å². The highest BCUT2D eigenvalue weighted by molar-refractivity contribution is 5.19. The topological polar surface area (TPSA) is 44.0 Å². The van der Waals surface area contributed by atoms with Gasteiger partial charge in [0, 0.05) is 0 Å². The van der Waals surface area contributed by atoms with Crippen molar-refractivity contribution < 1.29 is 5.11 Å². The minimum atomic E-state index is -0.524. The molecule has 1 fully saturated rings. The molecule has 1 aliphatic carbocycles. The van der Waals surface area contributed by atoms with Crippen molar-refractivity contribution in [2.45, 2.75) is 70.3 Å². The second kappa shape index (κ2) is 7.61. The molecule has 0 spiro atoms. The van der Waals surface area contributed by atoms with E-state index in [1.54, 1.807) is 0 Å². The third kappa shape index (κ3) is 4.08. The smallest absolute Gasteiger partial charge is 0.0832 e. The summed E-state index contributed by atoms with van der Waals surface area (Å²) in [6.45, 7) is 2.15. The molecule has 2 nitrogen and oxygen atoms in total. The van der Waals surface area contributed by atoms with E-state index in [4.69, 9.17) is 0 Å². The highest BCUT2D eigenvalue weighted by Crippen LogP contribution is 2.40. The molecule has 0 aliphatic heterocycles. The lowest BCUT2D eigenvalue weighted by Gasteiger charge is -2.34. The molecule has 1 saturated carbocycles. The summed E-state index contributed by atoms with van der Waals surface area (Å²) >= 11 is 0. The minimum absolute atomic E-state index is 0.289. The van der Waals surface area contributed by atoms with Crippen molar-refractivity contribution in [2.24, 2.45) is 5.41 Å². The van der Waals surface area contributed by atoms with Gasteiger partial charge in [-0.3, -0.25) is 0 Å². The van der Waals surface area contributed by atoms with Crippen LogP contribution in [0.5, 0.6) is 0 Å². The summed E-state index contributed by atoms with van der Waals surface area (Å²) in [7, 11) is 0. The first-order valence-corrected chi connectivity index (χ1v) is 8.32. The highest BCUT2D eigenvalue weighted by atomic mass is 16.3. The van der Waals surface area contributed by atoms with E-state index in [-0.39, 0.29) is 5.92 Å². The Morgan fingerprint density at radius 3 is 2.24 bits per heavy atom. The van der Waals surface area contributed by atoms with Gasteiger partial charge in [-0.15, -0.1) is 0 Å². The van der Waals surface area contributed by atoms with Crippen molar-refractivity contribution in [3.8, 4) is 6.07 Å². The maximum absolute atomic E-state index is 10.8.